The Morgan fingerprint density at radius 3 is 2.37 bits per heavy atom. The molecule has 1 aliphatic rings. The van der Waals surface area contributed by atoms with Crippen LogP contribution in [0.25, 0.3) is 0 Å². The molecular formula is C21H23ClN6O2. The van der Waals surface area contributed by atoms with E-state index in [1.165, 1.54) is 0 Å². The lowest BCUT2D eigenvalue weighted by molar-refractivity contribution is 0.122. The summed E-state index contributed by atoms with van der Waals surface area (Å²) < 4.78 is 10.7. The van der Waals surface area contributed by atoms with Crippen molar-refractivity contribution in [3.8, 4) is 5.75 Å². The molecule has 156 valence electrons. The van der Waals surface area contributed by atoms with Crippen molar-refractivity contribution >= 4 is 40.8 Å². The number of ether oxygens (including phenoxy) is 2. The highest BCUT2D eigenvalue weighted by molar-refractivity contribution is 6.30. The zero-order valence-electron chi connectivity index (χ0n) is 16.9. The summed E-state index contributed by atoms with van der Waals surface area (Å²) in [5, 5.41) is 7.16. The fourth-order valence-electron chi connectivity index (χ4n) is 3.03. The van der Waals surface area contributed by atoms with Gasteiger partial charge in [-0.25, -0.2) is 0 Å². The van der Waals surface area contributed by atoms with Crippen molar-refractivity contribution in [3.63, 3.8) is 0 Å². The van der Waals surface area contributed by atoms with Crippen molar-refractivity contribution in [1.82, 2.24) is 15.0 Å². The first-order valence-corrected chi connectivity index (χ1v) is 10.0. The maximum Gasteiger partial charge on any atom is 0.233 e. The van der Waals surface area contributed by atoms with E-state index >= 15 is 0 Å². The summed E-state index contributed by atoms with van der Waals surface area (Å²) in [7, 11) is 1.64. The molecule has 1 aromatic heterocycles. The van der Waals surface area contributed by atoms with Crippen LogP contribution in [0.4, 0.5) is 29.2 Å². The smallest absolute Gasteiger partial charge is 0.233 e. The number of aryl methyl sites for hydroxylation is 1. The van der Waals surface area contributed by atoms with E-state index in [1.807, 2.05) is 49.4 Å². The third-order valence-corrected chi connectivity index (χ3v) is 4.94. The summed E-state index contributed by atoms with van der Waals surface area (Å²) in [6.07, 6.45) is 0. The van der Waals surface area contributed by atoms with Gasteiger partial charge in [0.05, 0.1) is 20.3 Å². The molecule has 1 saturated heterocycles. The SMILES string of the molecule is COc1ccc(Nc2nc(Nc3cc(Cl)ccc3C)nc(N3CCOCC3)n2)cc1. The molecule has 4 rings (SSSR count). The van der Waals surface area contributed by atoms with E-state index in [0.29, 0.717) is 36.1 Å². The molecule has 0 bridgehead atoms. The first kappa shape index (κ1) is 20.2. The Hall–Kier alpha value is -3.10. The van der Waals surface area contributed by atoms with E-state index < -0.39 is 0 Å². The standard InChI is InChI=1S/C21H23ClN6O2/c1-14-3-4-15(22)13-18(14)24-20-25-19(23-16-5-7-17(29-2)8-6-16)26-21(27-20)28-9-11-30-12-10-28/h3-8,13H,9-12H2,1-2H3,(H2,23,24,25,26,27). The summed E-state index contributed by atoms with van der Waals surface area (Å²) >= 11 is 6.16. The van der Waals surface area contributed by atoms with E-state index in [0.717, 1.165) is 35.8 Å². The first-order chi connectivity index (χ1) is 14.6. The van der Waals surface area contributed by atoms with E-state index in [-0.39, 0.29) is 0 Å². The number of nitrogens with zero attached hydrogens (tertiary/aromatic N) is 4. The predicted octanol–water partition coefficient (Wildman–Crippen LogP) is 4.17. The predicted molar refractivity (Wildman–Crippen MR) is 119 cm³/mol. The molecule has 2 N–H and O–H groups in total. The Balaban J connectivity index is 1.65. The minimum atomic E-state index is 0.438. The van der Waals surface area contributed by atoms with Gasteiger partial charge in [0, 0.05) is 29.5 Å². The van der Waals surface area contributed by atoms with Gasteiger partial charge in [-0.2, -0.15) is 15.0 Å². The van der Waals surface area contributed by atoms with Gasteiger partial charge in [-0.15, -0.1) is 0 Å². The Labute approximate surface area is 180 Å². The maximum absolute atomic E-state index is 6.16. The number of hydrogen-bond donors (Lipinski definition) is 2. The fraction of sp³-hybridized carbons (Fsp3) is 0.286. The summed E-state index contributed by atoms with van der Waals surface area (Å²) in [5.74, 6) is 2.25. The Morgan fingerprint density at radius 1 is 0.967 bits per heavy atom. The van der Waals surface area contributed by atoms with E-state index in [1.54, 1.807) is 7.11 Å². The molecule has 1 fully saturated rings. The molecule has 8 nitrogen and oxygen atoms in total. The highest BCUT2D eigenvalue weighted by Gasteiger charge is 2.17. The zero-order valence-corrected chi connectivity index (χ0v) is 17.6. The highest BCUT2D eigenvalue weighted by Crippen LogP contribution is 2.25. The van der Waals surface area contributed by atoms with Crippen LogP contribution in [0.5, 0.6) is 5.75 Å². The summed E-state index contributed by atoms with van der Waals surface area (Å²) in [6.45, 7) is 4.73. The van der Waals surface area contributed by atoms with Crippen molar-refractivity contribution in [2.75, 3.05) is 48.9 Å². The second-order valence-corrected chi connectivity index (χ2v) is 7.26. The minimum absolute atomic E-state index is 0.438. The summed E-state index contributed by atoms with van der Waals surface area (Å²) in [6, 6.07) is 13.2. The molecule has 2 aromatic carbocycles. The normalized spacial score (nSPS) is 13.8. The molecule has 30 heavy (non-hydrogen) atoms. The highest BCUT2D eigenvalue weighted by atomic mass is 35.5. The Kier molecular flexibility index (Phi) is 6.15. The number of morpholine rings is 1. The number of aromatic nitrogens is 3. The lowest BCUT2D eigenvalue weighted by atomic mass is 10.2. The van der Waals surface area contributed by atoms with Crippen LogP contribution in [-0.2, 0) is 4.74 Å². The molecular weight excluding hydrogens is 404 g/mol. The second-order valence-electron chi connectivity index (χ2n) is 6.82. The fourth-order valence-corrected chi connectivity index (χ4v) is 3.21. The Bertz CT molecular complexity index is 1010. The number of halogens is 1. The number of nitrogens with one attached hydrogen (secondary N) is 2. The quantitative estimate of drug-likeness (QED) is 0.607. The monoisotopic (exact) mass is 426 g/mol. The molecule has 0 unspecified atom stereocenters. The number of methoxy groups -OCH3 is 1. The third-order valence-electron chi connectivity index (χ3n) is 4.71. The van der Waals surface area contributed by atoms with Crippen molar-refractivity contribution < 1.29 is 9.47 Å². The van der Waals surface area contributed by atoms with Gasteiger partial charge >= 0.3 is 0 Å². The Morgan fingerprint density at radius 2 is 1.67 bits per heavy atom. The van der Waals surface area contributed by atoms with Crippen LogP contribution >= 0.6 is 11.6 Å². The van der Waals surface area contributed by atoms with Gasteiger partial charge in [-0.1, -0.05) is 17.7 Å². The first-order valence-electron chi connectivity index (χ1n) is 9.64. The molecule has 0 amide bonds. The zero-order chi connectivity index (χ0) is 20.9. The van der Waals surface area contributed by atoms with Crippen LogP contribution in [0.15, 0.2) is 42.5 Å². The molecule has 0 aliphatic carbocycles. The molecule has 0 atom stereocenters. The number of rotatable bonds is 6. The summed E-state index contributed by atoms with van der Waals surface area (Å²) in [5.41, 5.74) is 2.73. The largest absolute Gasteiger partial charge is 0.497 e. The van der Waals surface area contributed by atoms with Crippen LogP contribution in [0.1, 0.15) is 5.56 Å². The molecule has 0 radical (unpaired) electrons. The summed E-state index contributed by atoms with van der Waals surface area (Å²) in [4.78, 5) is 15.9. The van der Waals surface area contributed by atoms with Gasteiger partial charge in [0.15, 0.2) is 0 Å². The van der Waals surface area contributed by atoms with Crippen molar-refractivity contribution in [1.29, 1.82) is 0 Å². The van der Waals surface area contributed by atoms with Crippen LogP contribution in [0.3, 0.4) is 0 Å². The van der Waals surface area contributed by atoms with Crippen molar-refractivity contribution in [3.05, 3.63) is 53.1 Å². The lowest BCUT2D eigenvalue weighted by Crippen LogP contribution is -2.37. The van der Waals surface area contributed by atoms with Gasteiger partial charge < -0.3 is 25.0 Å². The van der Waals surface area contributed by atoms with E-state index in [2.05, 4.69) is 30.5 Å². The molecule has 0 saturated carbocycles. The van der Waals surface area contributed by atoms with Crippen LogP contribution in [0, 0.1) is 6.92 Å². The molecule has 0 spiro atoms. The minimum Gasteiger partial charge on any atom is -0.497 e. The topological polar surface area (TPSA) is 84.4 Å². The molecule has 3 aromatic rings. The number of anilines is 5. The van der Waals surface area contributed by atoms with Crippen LogP contribution < -0.4 is 20.3 Å². The second kappa shape index (κ2) is 9.15. The van der Waals surface area contributed by atoms with Crippen LogP contribution in [-0.4, -0.2) is 48.4 Å². The average molecular weight is 427 g/mol. The van der Waals surface area contributed by atoms with Crippen LogP contribution in [0.2, 0.25) is 5.02 Å². The van der Waals surface area contributed by atoms with Crippen molar-refractivity contribution in [2.45, 2.75) is 6.92 Å². The van der Waals surface area contributed by atoms with Gasteiger partial charge in [0.25, 0.3) is 0 Å². The third kappa shape index (κ3) is 4.90. The van der Waals surface area contributed by atoms with E-state index in [4.69, 9.17) is 21.1 Å². The molecule has 1 aliphatic heterocycles. The number of hydrogen-bond acceptors (Lipinski definition) is 8. The average Bonchev–Trinajstić information content (AvgIpc) is 2.77. The van der Waals surface area contributed by atoms with E-state index in [9.17, 15) is 0 Å². The van der Waals surface area contributed by atoms with Crippen molar-refractivity contribution in [2.24, 2.45) is 0 Å². The van der Waals surface area contributed by atoms with Gasteiger partial charge in [0.1, 0.15) is 5.75 Å². The molecule has 9 heteroatoms. The van der Waals surface area contributed by atoms with Gasteiger partial charge in [-0.05, 0) is 48.9 Å². The van der Waals surface area contributed by atoms with Gasteiger partial charge in [-0.3, -0.25) is 0 Å². The van der Waals surface area contributed by atoms with Gasteiger partial charge in [0.2, 0.25) is 17.8 Å². The maximum atomic E-state index is 6.16. The lowest BCUT2D eigenvalue weighted by Gasteiger charge is -2.27. The molecule has 2 heterocycles. The number of benzene rings is 2.